The van der Waals surface area contributed by atoms with Crippen molar-refractivity contribution in [3.05, 3.63) is 59.0 Å². The first kappa shape index (κ1) is 19.9. The van der Waals surface area contributed by atoms with Crippen LogP contribution in [0.1, 0.15) is 54.1 Å². The lowest BCUT2D eigenvalue weighted by molar-refractivity contribution is -0.0224. The van der Waals surface area contributed by atoms with Crippen molar-refractivity contribution in [2.45, 2.75) is 58.7 Å². The van der Waals surface area contributed by atoms with Crippen molar-refractivity contribution in [3.8, 4) is 22.6 Å². The van der Waals surface area contributed by atoms with Crippen molar-refractivity contribution < 1.29 is 14.3 Å². The lowest BCUT2D eigenvalue weighted by Crippen LogP contribution is -2.51. The molecule has 0 spiro atoms. The summed E-state index contributed by atoms with van der Waals surface area (Å²) >= 11 is 0. The SMILES string of the molecule is Cc1nnc(-c2ccc(-c3cccc4c3C(=O)N(C(C3CC3)C(C)(C)O)C4)cc2C)o1. The monoisotopic (exact) mass is 417 g/mol. The van der Waals surface area contributed by atoms with Gasteiger partial charge in [0.25, 0.3) is 5.91 Å². The largest absolute Gasteiger partial charge is 0.421 e. The number of aryl methyl sites for hydroxylation is 2. The van der Waals surface area contributed by atoms with Crippen molar-refractivity contribution in [3.63, 3.8) is 0 Å². The number of amides is 1. The Kier molecular flexibility index (Phi) is 4.52. The molecule has 2 aromatic carbocycles. The summed E-state index contributed by atoms with van der Waals surface area (Å²) in [7, 11) is 0. The Balaban J connectivity index is 1.53. The molecule has 2 heterocycles. The van der Waals surface area contributed by atoms with E-state index in [1.807, 2.05) is 56.0 Å². The molecule has 1 amide bonds. The van der Waals surface area contributed by atoms with E-state index in [0.717, 1.165) is 46.2 Å². The minimum absolute atomic E-state index is 0.0129. The molecule has 31 heavy (non-hydrogen) atoms. The topological polar surface area (TPSA) is 79.5 Å². The average Bonchev–Trinajstić information content (AvgIpc) is 3.35. The zero-order valence-electron chi connectivity index (χ0n) is 18.3. The van der Waals surface area contributed by atoms with Crippen LogP contribution in [0.4, 0.5) is 0 Å². The molecular weight excluding hydrogens is 390 g/mol. The number of rotatable bonds is 5. The highest BCUT2D eigenvalue weighted by atomic mass is 16.4. The van der Waals surface area contributed by atoms with Gasteiger partial charge in [-0.15, -0.1) is 10.2 Å². The third kappa shape index (κ3) is 3.45. The molecule has 1 aliphatic heterocycles. The van der Waals surface area contributed by atoms with Gasteiger partial charge in [-0.2, -0.15) is 0 Å². The summed E-state index contributed by atoms with van der Waals surface area (Å²) < 4.78 is 5.58. The predicted molar refractivity (Wildman–Crippen MR) is 117 cm³/mol. The van der Waals surface area contributed by atoms with Gasteiger partial charge in [0.2, 0.25) is 11.8 Å². The lowest BCUT2D eigenvalue weighted by atomic mass is 9.92. The lowest BCUT2D eigenvalue weighted by Gasteiger charge is -2.37. The van der Waals surface area contributed by atoms with E-state index >= 15 is 0 Å². The van der Waals surface area contributed by atoms with Gasteiger partial charge in [-0.05, 0) is 67.9 Å². The Morgan fingerprint density at radius 1 is 1.13 bits per heavy atom. The van der Waals surface area contributed by atoms with Crippen LogP contribution in [0.5, 0.6) is 0 Å². The van der Waals surface area contributed by atoms with Crippen molar-refractivity contribution in [2.24, 2.45) is 5.92 Å². The fourth-order valence-electron chi connectivity index (χ4n) is 4.95. The molecule has 1 fully saturated rings. The quantitative estimate of drug-likeness (QED) is 0.660. The minimum atomic E-state index is -0.931. The van der Waals surface area contributed by atoms with E-state index < -0.39 is 5.60 Å². The van der Waals surface area contributed by atoms with Crippen LogP contribution in [0.3, 0.4) is 0 Å². The Morgan fingerprint density at radius 2 is 1.90 bits per heavy atom. The van der Waals surface area contributed by atoms with Crippen LogP contribution in [0.25, 0.3) is 22.6 Å². The number of fused-ring (bicyclic) bond motifs is 1. The van der Waals surface area contributed by atoms with E-state index in [9.17, 15) is 9.90 Å². The van der Waals surface area contributed by atoms with Crippen LogP contribution in [-0.2, 0) is 6.54 Å². The Morgan fingerprint density at radius 3 is 2.52 bits per heavy atom. The highest BCUT2D eigenvalue weighted by Gasteiger charge is 2.48. The first-order valence-electron chi connectivity index (χ1n) is 10.8. The third-order valence-corrected chi connectivity index (χ3v) is 6.39. The molecule has 1 N–H and O–H groups in total. The molecule has 1 saturated carbocycles. The molecule has 6 nitrogen and oxygen atoms in total. The molecule has 2 aliphatic rings. The average molecular weight is 418 g/mol. The van der Waals surface area contributed by atoms with Gasteiger partial charge >= 0.3 is 0 Å². The highest BCUT2D eigenvalue weighted by molar-refractivity contribution is 6.05. The molecule has 3 aromatic rings. The second-order valence-electron chi connectivity index (χ2n) is 9.36. The number of hydrogen-bond donors (Lipinski definition) is 1. The molecule has 1 aromatic heterocycles. The number of carbonyl (C=O) groups excluding carboxylic acids is 1. The maximum Gasteiger partial charge on any atom is 0.255 e. The third-order valence-electron chi connectivity index (χ3n) is 6.39. The number of carbonyl (C=O) groups is 1. The van der Waals surface area contributed by atoms with E-state index in [4.69, 9.17) is 4.42 Å². The van der Waals surface area contributed by atoms with Crippen LogP contribution in [-0.4, -0.2) is 37.8 Å². The smallest absolute Gasteiger partial charge is 0.255 e. The van der Waals surface area contributed by atoms with E-state index in [0.29, 0.717) is 24.2 Å². The summed E-state index contributed by atoms with van der Waals surface area (Å²) in [6.45, 7) is 7.95. The van der Waals surface area contributed by atoms with Gasteiger partial charge in [-0.1, -0.05) is 30.3 Å². The summed E-state index contributed by atoms with van der Waals surface area (Å²) in [6.07, 6.45) is 2.13. The zero-order chi connectivity index (χ0) is 21.9. The maximum absolute atomic E-state index is 13.6. The van der Waals surface area contributed by atoms with E-state index in [2.05, 4.69) is 16.3 Å². The van der Waals surface area contributed by atoms with E-state index in [1.165, 1.54) is 0 Å². The van der Waals surface area contributed by atoms with Crippen LogP contribution in [0.15, 0.2) is 40.8 Å². The minimum Gasteiger partial charge on any atom is -0.421 e. The molecule has 5 rings (SSSR count). The second kappa shape index (κ2) is 7.02. The van der Waals surface area contributed by atoms with E-state index in [-0.39, 0.29) is 11.9 Å². The summed E-state index contributed by atoms with van der Waals surface area (Å²) in [5.74, 6) is 1.42. The second-order valence-corrected chi connectivity index (χ2v) is 9.36. The summed E-state index contributed by atoms with van der Waals surface area (Å²) in [4.78, 5) is 15.5. The van der Waals surface area contributed by atoms with Gasteiger partial charge in [0.1, 0.15) is 0 Å². The van der Waals surface area contributed by atoms with Crippen molar-refractivity contribution in [1.29, 1.82) is 0 Å². The highest BCUT2D eigenvalue weighted by Crippen LogP contribution is 2.44. The summed E-state index contributed by atoms with van der Waals surface area (Å²) in [5, 5.41) is 18.8. The maximum atomic E-state index is 13.6. The standard InChI is InChI=1S/C25H27N3O3/c1-14-12-17(10-11-19(14)23-27-26-15(2)31-23)20-7-5-6-18-13-28(24(29)21(18)20)22(16-8-9-16)25(3,4)30/h5-7,10-12,16,22,30H,8-9,13H2,1-4H3. The Hall–Kier alpha value is -2.99. The number of hydrogen-bond acceptors (Lipinski definition) is 5. The van der Waals surface area contributed by atoms with Crippen LogP contribution < -0.4 is 0 Å². The van der Waals surface area contributed by atoms with Gasteiger partial charge in [-0.3, -0.25) is 4.79 Å². The molecule has 0 bridgehead atoms. The van der Waals surface area contributed by atoms with E-state index in [1.54, 1.807) is 6.92 Å². The van der Waals surface area contributed by atoms with Crippen LogP contribution >= 0.6 is 0 Å². The molecule has 0 saturated heterocycles. The van der Waals surface area contributed by atoms with Gasteiger partial charge in [0.05, 0.1) is 17.2 Å². The predicted octanol–water partition coefficient (Wildman–Crippen LogP) is 4.53. The molecule has 0 radical (unpaired) electrons. The fourth-order valence-corrected chi connectivity index (χ4v) is 4.95. The Labute approximate surface area is 181 Å². The van der Waals surface area contributed by atoms with Crippen molar-refractivity contribution in [2.75, 3.05) is 0 Å². The van der Waals surface area contributed by atoms with Crippen LogP contribution in [0.2, 0.25) is 0 Å². The van der Waals surface area contributed by atoms with Crippen LogP contribution in [0, 0.1) is 19.8 Å². The van der Waals surface area contributed by atoms with Gasteiger partial charge in [0.15, 0.2) is 0 Å². The number of benzene rings is 2. The van der Waals surface area contributed by atoms with Gasteiger partial charge in [-0.25, -0.2) is 0 Å². The van der Waals surface area contributed by atoms with Crippen molar-refractivity contribution in [1.82, 2.24) is 15.1 Å². The Bertz CT molecular complexity index is 1170. The number of aromatic nitrogens is 2. The molecular formula is C25H27N3O3. The first-order valence-corrected chi connectivity index (χ1v) is 10.8. The fraction of sp³-hybridized carbons (Fsp3) is 0.400. The van der Waals surface area contributed by atoms with Crippen molar-refractivity contribution >= 4 is 5.91 Å². The van der Waals surface area contributed by atoms with Gasteiger partial charge < -0.3 is 14.4 Å². The number of nitrogens with zero attached hydrogens (tertiary/aromatic N) is 3. The van der Waals surface area contributed by atoms with Gasteiger partial charge in [0, 0.05) is 19.0 Å². The molecule has 1 aliphatic carbocycles. The number of aliphatic hydroxyl groups is 1. The molecule has 160 valence electrons. The summed E-state index contributed by atoms with van der Waals surface area (Å²) in [5.41, 5.74) is 4.64. The molecule has 1 unspecified atom stereocenters. The molecule has 6 heteroatoms. The first-order chi connectivity index (χ1) is 14.7. The summed E-state index contributed by atoms with van der Waals surface area (Å²) in [6, 6.07) is 11.9. The molecule has 1 atom stereocenters. The normalized spacial score (nSPS) is 17.2. The zero-order valence-corrected chi connectivity index (χ0v) is 18.3.